The van der Waals surface area contributed by atoms with Crippen LogP contribution in [-0.2, 0) is 23.5 Å². The van der Waals surface area contributed by atoms with Crippen LogP contribution in [0.15, 0.2) is 32.7 Å². The van der Waals surface area contributed by atoms with Crippen LogP contribution >= 0.6 is 11.8 Å². The summed E-state index contributed by atoms with van der Waals surface area (Å²) < 4.78 is 11.8. The Labute approximate surface area is 179 Å². The van der Waals surface area contributed by atoms with Crippen LogP contribution in [-0.4, -0.2) is 32.8 Å². The minimum atomic E-state index is -0.468. The Kier molecular flexibility index (Phi) is 7.25. The SMILES string of the molecule is CCCCc1noc(CSc2nc3cc(C(=O)OC)ccc3c(=O)n2CC(C)C)n1. The lowest BCUT2D eigenvalue weighted by Gasteiger charge is -2.14. The number of nitrogens with zero attached hydrogens (tertiary/aromatic N) is 4. The molecular weight excluding hydrogens is 404 g/mol. The van der Waals surface area contributed by atoms with Crippen LogP contribution in [0.4, 0.5) is 0 Å². The minimum absolute atomic E-state index is 0.137. The van der Waals surface area contributed by atoms with Crippen molar-refractivity contribution in [3.8, 4) is 0 Å². The van der Waals surface area contributed by atoms with Crippen molar-refractivity contribution in [2.24, 2.45) is 5.92 Å². The van der Waals surface area contributed by atoms with Crippen molar-refractivity contribution in [1.82, 2.24) is 19.7 Å². The number of unbranched alkanes of at least 4 members (excludes halogenated alkanes) is 1. The lowest BCUT2D eigenvalue weighted by molar-refractivity contribution is 0.0601. The average molecular weight is 431 g/mol. The summed E-state index contributed by atoms with van der Waals surface area (Å²) in [5.41, 5.74) is 0.674. The predicted octanol–water partition coefficient (Wildman–Crippen LogP) is 3.86. The van der Waals surface area contributed by atoms with Gasteiger partial charge in [0.15, 0.2) is 11.0 Å². The fourth-order valence-electron chi connectivity index (χ4n) is 2.99. The van der Waals surface area contributed by atoms with Crippen molar-refractivity contribution in [2.45, 2.75) is 57.5 Å². The molecule has 0 aliphatic carbocycles. The first-order chi connectivity index (χ1) is 14.4. The molecule has 0 N–H and O–H groups in total. The zero-order chi connectivity index (χ0) is 21.7. The zero-order valence-corrected chi connectivity index (χ0v) is 18.5. The molecule has 0 bridgehead atoms. The molecule has 0 saturated carbocycles. The van der Waals surface area contributed by atoms with Crippen molar-refractivity contribution in [1.29, 1.82) is 0 Å². The molecule has 0 aliphatic rings. The Hall–Kier alpha value is -2.68. The molecule has 2 aromatic heterocycles. The number of aromatic nitrogens is 4. The van der Waals surface area contributed by atoms with E-state index in [2.05, 4.69) is 22.0 Å². The summed E-state index contributed by atoms with van der Waals surface area (Å²) in [6.07, 6.45) is 2.86. The van der Waals surface area contributed by atoms with E-state index in [1.54, 1.807) is 22.8 Å². The van der Waals surface area contributed by atoms with E-state index >= 15 is 0 Å². The van der Waals surface area contributed by atoms with Gasteiger partial charge in [0.05, 0.1) is 29.3 Å². The van der Waals surface area contributed by atoms with Crippen molar-refractivity contribution < 1.29 is 14.1 Å². The summed E-state index contributed by atoms with van der Waals surface area (Å²) in [5, 5.41) is 5.02. The molecule has 3 aromatic rings. The van der Waals surface area contributed by atoms with Crippen LogP contribution in [0.1, 0.15) is 55.7 Å². The van der Waals surface area contributed by atoms with Crippen molar-refractivity contribution in [3.05, 3.63) is 45.8 Å². The molecule has 0 radical (unpaired) electrons. The van der Waals surface area contributed by atoms with E-state index in [1.807, 2.05) is 13.8 Å². The topological polar surface area (TPSA) is 100 Å². The number of rotatable bonds is 9. The minimum Gasteiger partial charge on any atom is -0.465 e. The van der Waals surface area contributed by atoms with Crippen LogP contribution in [0.5, 0.6) is 0 Å². The number of esters is 1. The molecule has 3 rings (SSSR count). The number of fused-ring (bicyclic) bond motifs is 1. The third-order valence-electron chi connectivity index (χ3n) is 4.48. The molecule has 0 unspecified atom stereocenters. The van der Waals surface area contributed by atoms with Crippen LogP contribution in [0.2, 0.25) is 0 Å². The molecule has 9 heteroatoms. The highest BCUT2D eigenvalue weighted by Crippen LogP contribution is 2.23. The molecule has 30 heavy (non-hydrogen) atoms. The van der Waals surface area contributed by atoms with Gasteiger partial charge in [0.1, 0.15) is 0 Å². The number of carbonyl (C=O) groups excluding carboxylic acids is 1. The monoisotopic (exact) mass is 430 g/mol. The number of benzene rings is 1. The number of thioether (sulfide) groups is 1. The van der Waals surface area contributed by atoms with Crippen molar-refractivity contribution in [2.75, 3.05) is 7.11 Å². The van der Waals surface area contributed by atoms with Gasteiger partial charge in [-0.25, -0.2) is 9.78 Å². The maximum Gasteiger partial charge on any atom is 0.337 e. The summed E-state index contributed by atoms with van der Waals surface area (Å²) in [4.78, 5) is 34.1. The van der Waals surface area contributed by atoms with E-state index in [0.29, 0.717) is 45.6 Å². The lowest BCUT2D eigenvalue weighted by atomic mass is 10.1. The molecule has 0 spiro atoms. The molecule has 0 fully saturated rings. The van der Waals surface area contributed by atoms with Gasteiger partial charge in [-0.3, -0.25) is 9.36 Å². The first kappa shape index (κ1) is 22.0. The molecule has 1 aromatic carbocycles. The largest absolute Gasteiger partial charge is 0.465 e. The van der Waals surface area contributed by atoms with Gasteiger partial charge in [0.25, 0.3) is 5.56 Å². The maximum absolute atomic E-state index is 13.1. The number of hydrogen-bond acceptors (Lipinski definition) is 8. The second-order valence-corrected chi connectivity index (χ2v) is 8.37. The third kappa shape index (κ3) is 5.08. The summed E-state index contributed by atoms with van der Waals surface area (Å²) in [6.45, 7) is 6.74. The van der Waals surface area contributed by atoms with Crippen LogP contribution in [0, 0.1) is 5.92 Å². The van der Waals surface area contributed by atoms with Gasteiger partial charge in [0.2, 0.25) is 5.89 Å². The number of hydrogen-bond donors (Lipinski definition) is 0. The summed E-state index contributed by atoms with van der Waals surface area (Å²) in [5.74, 6) is 1.40. The molecule has 0 saturated heterocycles. The van der Waals surface area contributed by atoms with Gasteiger partial charge in [-0.1, -0.05) is 44.1 Å². The van der Waals surface area contributed by atoms with Gasteiger partial charge in [-0.05, 0) is 30.5 Å². The molecule has 2 heterocycles. The molecule has 160 valence electrons. The van der Waals surface area contributed by atoms with Crippen LogP contribution in [0.3, 0.4) is 0 Å². The Morgan fingerprint density at radius 3 is 2.80 bits per heavy atom. The highest BCUT2D eigenvalue weighted by Gasteiger charge is 2.16. The number of methoxy groups -OCH3 is 1. The fourth-order valence-corrected chi connectivity index (χ4v) is 3.84. The van der Waals surface area contributed by atoms with E-state index in [-0.39, 0.29) is 11.5 Å². The molecule has 0 atom stereocenters. The summed E-state index contributed by atoms with van der Waals surface area (Å²) >= 11 is 1.37. The molecule has 8 nitrogen and oxygen atoms in total. The first-order valence-corrected chi connectivity index (χ1v) is 11.0. The number of aryl methyl sites for hydroxylation is 1. The van der Waals surface area contributed by atoms with E-state index in [1.165, 1.54) is 18.9 Å². The zero-order valence-electron chi connectivity index (χ0n) is 17.7. The molecular formula is C21H26N4O4S. The van der Waals surface area contributed by atoms with E-state index in [9.17, 15) is 9.59 Å². The Morgan fingerprint density at radius 1 is 1.30 bits per heavy atom. The summed E-state index contributed by atoms with van der Waals surface area (Å²) in [7, 11) is 1.32. The van der Waals surface area contributed by atoms with E-state index < -0.39 is 5.97 Å². The van der Waals surface area contributed by atoms with E-state index in [0.717, 1.165) is 19.3 Å². The Balaban J connectivity index is 1.94. The van der Waals surface area contributed by atoms with Gasteiger partial charge in [0, 0.05) is 13.0 Å². The maximum atomic E-state index is 13.1. The van der Waals surface area contributed by atoms with E-state index in [4.69, 9.17) is 9.26 Å². The highest BCUT2D eigenvalue weighted by molar-refractivity contribution is 7.98. The quantitative estimate of drug-likeness (QED) is 0.287. The van der Waals surface area contributed by atoms with Crippen LogP contribution < -0.4 is 5.56 Å². The highest BCUT2D eigenvalue weighted by atomic mass is 32.2. The van der Waals surface area contributed by atoms with Gasteiger partial charge < -0.3 is 9.26 Å². The predicted molar refractivity (Wildman–Crippen MR) is 115 cm³/mol. The molecule has 0 amide bonds. The second kappa shape index (κ2) is 9.88. The first-order valence-electron chi connectivity index (χ1n) is 10.00. The number of carbonyl (C=O) groups is 1. The summed E-state index contributed by atoms with van der Waals surface area (Å²) in [6, 6.07) is 4.79. The smallest absolute Gasteiger partial charge is 0.337 e. The van der Waals surface area contributed by atoms with Crippen molar-refractivity contribution >= 4 is 28.6 Å². The lowest BCUT2D eigenvalue weighted by Crippen LogP contribution is -2.25. The van der Waals surface area contributed by atoms with Gasteiger partial charge >= 0.3 is 5.97 Å². The number of ether oxygens (including phenoxy) is 1. The fraction of sp³-hybridized carbons (Fsp3) is 0.476. The Morgan fingerprint density at radius 2 is 2.10 bits per heavy atom. The van der Waals surface area contributed by atoms with Gasteiger partial charge in [-0.2, -0.15) is 4.98 Å². The average Bonchev–Trinajstić information content (AvgIpc) is 3.19. The third-order valence-corrected chi connectivity index (χ3v) is 5.44. The normalized spacial score (nSPS) is 11.4. The Bertz CT molecular complexity index is 1090. The van der Waals surface area contributed by atoms with Crippen LogP contribution in [0.25, 0.3) is 10.9 Å². The van der Waals surface area contributed by atoms with Crippen molar-refractivity contribution in [3.63, 3.8) is 0 Å². The molecule has 0 aliphatic heterocycles. The van der Waals surface area contributed by atoms with Gasteiger partial charge in [-0.15, -0.1) is 0 Å². The second-order valence-electron chi connectivity index (χ2n) is 7.42. The standard InChI is InChI=1S/C21H26N4O4S/c1-5-6-7-17-23-18(29-24-17)12-30-21-22-16-10-14(20(27)28-4)8-9-15(16)19(26)25(21)11-13(2)3/h8-10,13H,5-7,11-12H2,1-4H3.